The number of rotatable bonds is 4. The molecule has 0 unspecified atom stereocenters. The molecular formula is C15H12F3N3OS. The molecule has 0 saturated heterocycles. The zero-order valence-corrected chi connectivity index (χ0v) is 12.6. The molecule has 120 valence electrons. The highest BCUT2D eigenvalue weighted by molar-refractivity contribution is 7.09. The van der Waals surface area contributed by atoms with Crippen LogP contribution in [0.5, 0.6) is 0 Å². The summed E-state index contributed by atoms with van der Waals surface area (Å²) in [7, 11) is 0. The van der Waals surface area contributed by atoms with Crippen LogP contribution in [0.3, 0.4) is 0 Å². The molecule has 3 aromatic rings. The monoisotopic (exact) mass is 339 g/mol. The van der Waals surface area contributed by atoms with Crippen molar-refractivity contribution in [3.63, 3.8) is 0 Å². The van der Waals surface area contributed by atoms with E-state index in [0.717, 1.165) is 9.44 Å². The van der Waals surface area contributed by atoms with Gasteiger partial charge in [0.05, 0.1) is 17.6 Å². The number of hydrogen-bond acceptors (Lipinski definition) is 3. The highest BCUT2D eigenvalue weighted by Crippen LogP contribution is 2.31. The van der Waals surface area contributed by atoms with Crippen molar-refractivity contribution in [3.05, 3.63) is 52.5 Å². The number of carbonyl (C=O) groups excluding carboxylic acids is 1. The fraction of sp³-hybridized carbons (Fsp3) is 0.200. The Bertz CT molecular complexity index is 824. The van der Waals surface area contributed by atoms with Gasteiger partial charge in [-0.3, -0.25) is 4.79 Å². The van der Waals surface area contributed by atoms with Gasteiger partial charge >= 0.3 is 6.18 Å². The van der Waals surface area contributed by atoms with Crippen molar-refractivity contribution >= 4 is 28.3 Å². The first-order valence-corrected chi connectivity index (χ1v) is 7.64. The van der Waals surface area contributed by atoms with Gasteiger partial charge in [0.2, 0.25) is 11.7 Å². The van der Waals surface area contributed by atoms with Crippen LogP contribution >= 0.6 is 11.3 Å². The third kappa shape index (κ3) is 3.37. The predicted octanol–water partition coefficient (Wildman–Crippen LogP) is 3.43. The molecular weight excluding hydrogens is 327 g/mol. The molecule has 2 heterocycles. The zero-order chi connectivity index (χ0) is 16.4. The molecule has 1 amide bonds. The SMILES string of the molecule is O=C(Cn1c(C(F)(F)F)nc2ccccc21)NCc1cccs1. The highest BCUT2D eigenvalue weighted by atomic mass is 32.1. The Morgan fingerprint density at radius 3 is 2.70 bits per heavy atom. The maximum atomic E-state index is 13.1. The van der Waals surface area contributed by atoms with Crippen LogP contribution in [0.25, 0.3) is 11.0 Å². The number of carbonyl (C=O) groups is 1. The molecule has 0 fully saturated rings. The average molecular weight is 339 g/mol. The van der Waals surface area contributed by atoms with Crippen LogP contribution in [0.15, 0.2) is 41.8 Å². The first-order chi connectivity index (χ1) is 10.9. The number of nitrogens with one attached hydrogen (secondary N) is 1. The third-order valence-electron chi connectivity index (χ3n) is 3.25. The molecule has 0 atom stereocenters. The second-order valence-corrected chi connectivity index (χ2v) is 5.90. The maximum Gasteiger partial charge on any atom is 0.449 e. The van der Waals surface area contributed by atoms with E-state index < -0.39 is 24.5 Å². The molecule has 1 aromatic carbocycles. The van der Waals surface area contributed by atoms with Gasteiger partial charge in [0.25, 0.3) is 0 Å². The maximum absolute atomic E-state index is 13.1. The largest absolute Gasteiger partial charge is 0.449 e. The summed E-state index contributed by atoms with van der Waals surface area (Å²) in [6.45, 7) is -0.134. The minimum Gasteiger partial charge on any atom is -0.350 e. The van der Waals surface area contributed by atoms with E-state index in [-0.39, 0.29) is 11.0 Å². The number of hydrogen-bond donors (Lipinski definition) is 1. The van der Waals surface area contributed by atoms with Crippen LogP contribution in [0.2, 0.25) is 0 Å². The van der Waals surface area contributed by atoms with Crippen molar-refractivity contribution in [3.8, 4) is 0 Å². The summed E-state index contributed by atoms with van der Waals surface area (Å²) in [6, 6.07) is 9.92. The Balaban J connectivity index is 1.84. The Kier molecular flexibility index (Phi) is 4.08. The summed E-state index contributed by atoms with van der Waals surface area (Å²) in [6.07, 6.45) is -4.62. The van der Waals surface area contributed by atoms with Crippen LogP contribution in [0.4, 0.5) is 13.2 Å². The van der Waals surface area contributed by atoms with Gasteiger partial charge in [-0.15, -0.1) is 11.3 Å². The summed E-state index contributed by atoms with van der Waals surface area (Å²) in [4.78, 5) is 16.5. The normalized spacial score (nSPS) is 11.8. The summed E-state index contributed by atoms with van der Waals surface area (Å²) >= 11 is 1.47. The first-order valence-electron chi connectivity index (χ1n) is 6.76. The van der Waals surface area contributed by atoms with Crippen molar-refractivity contribution in [2.75, 3.05) is 0 Å². The molecule has 2 aromatic heterocycles. The van der Waals surface area contributed by atoms with Crippen molar-refractivity contribution < 1.29 is 18.0 Å². The smallest absolute Gasteiger partial charge is 0.350 e. The van der Waals surface area contributed by atoms with Gasteiger partial charge in [-0.05, 0) is 23.6 Å². The second kappa shape index (κ2) is 6.04. The Morgan fingerprint density at radius 2 is 2.00 bits per heavy atom. The van der Waals surface area contributed by atoms with Crippen molar-refractivity contribution in [1.29, 1.82) is 0 Å². The number of alkyl halides is 3. The molecule has 8 heteroatoms. The lowest BCUT2D eigenvalue weighted by atomic mass is 10.3. The average Bonchev–Trinajstić information content (AvgIpc) is 3.13. The fourth-order valence-corrected chi connectivity index (χ4v) is 2.89. The molecule has 0 aliphatic heterocycles. The van der Waals surface area contributed by atoms with E-state index >= 15 is 0 Å². The molecule has 3 rings (SSSR count). The fourth-order valence-electron chi connectivity index (χ4n) is 2.25. The van der Waals surface area contributed by atoms with Crippen molar-refractivity contribution in [2.45, 2.75) is 19.3 Å². The van der Waals surface area contributed by atoms with E-state index in [4.69, 9.17) is 0 Å². The van der Waals surface area contributed by atoms with Gasteiger partial charge in [0.1, 0.15) is 6.54 Å². The lowest BCUT2D eigenvalue weighted by molar-refractivity contribution is -0.147. The third-order valence-corrected chi connectivity index (χ3v) is 4.13. The van der Waals surface area contributed by atoms with Crippen LogP contribution in [0.1, 0.15) is 10.7 Å². The summed E-state index contributed by atoms with van der Waals surface area (Å²) in [5, 5.41) is 4.49. The standard InChI is InChI=1S/C15H12F3N3OS/c16-15(17,18)14-20-11-5-1-2-6-12(11)21(14)9-13(22)19-8-10-4-3-7-23-10/h1-7H,8-9H2,(H,19,22). The van der Waals surface area contributed by atoms with Gasteiger partial charge in [-0.25, -0.2) is 4.98 Å². The van der Waals surface area contributed by atoms with Crippen molar-refractivity contribution in [1.82, 2.24) is 14.9 Å². The number of aromatic nitrogens is 2. The second-order valence-electron chi connectivity index (χ2n) is 4.86. The number of benzene rings is 1. The Morgan fingerprint density at radius 1 is 1.22 bits per heavy atom. The minimum absolute atomic E-state index is 0.214. The van der Waals surface area contributed by atoms with E-state index in [1.807, 2.05) is 17.5 Å². The Labute approximate surface area is 133 Å². The molecule has 23 heavy (non-hydrogen) atoms. The lowest BCUT2D eigenvalue weighted by Gasteiger charge is -2.11. The molecule has 0 bridgehead atoms. The first kappa shape index (κ1) is 15.5. The van der Waals surface area contributed by atoms with Gasteiger partial charge in [-0.1, -0.05) is 18.2 Å². The molecule has 0 aliphatic rings. The van der Waals surface area contributed by atoms with Crippen LogP contribution < -0.4 is 5.32 Å². The number of amides is 1. The van der Waals surface area contributed by atoms with Crippen LogP contribution in [-0.4, -0.2) is 15.5 Å². The predicted molar refractivity (Wildman–Crippen MR) is 80.9 cm³/mol. The van der Waals surface area contributed by atoms with E-state index in [9.17, 15) is 18.0 Å². The van der Waals surface area contributed by atoms with Gasteiger partial charge in [0.15, 0.2) is 0 Å². The molecule has 4 nitrogen and oxygen atoms in total. The molecule has 0 radical (unpaired) electrons. The Hall–Kier alpha value is -2.35. The number of thiophene rings is 1. The van der Waals surface area contributed by atoms with Crippen LogP contribution in [0, 0.1) is 0 Å². The van der Waals surface area contributed by atoms with E-state index in [0.29, 0.717) is 6.54 Å². The number of fused-ring (bicyclic) bond motifs is 1. The lowest BCUT2D eigenvalue weighted by Crippen LogP contribution is -2.28. The number of imidazole rings is 1. The summed E-state index contributed by atoms with van der Waals surface area (Å²) < 4.78 is 40.3. The molecule has 1 N–H and O–H groups in total. The summed E-state index contributed by atoms with van der Waals surface area (Å²) in [5.41, 5.74) is 0.497. The molecule has 0 spiro atoms. The highest BCUT2D eigenvalue weighted by Gasteiger charge is 2.37. The van der Waals surface area contributed by atoms with Crippen LogP contribution in [-0.2, 0) is 24.1 Å². The van der Waals surface area contributed by atoms with E-state index in [1.54, 1.807) is 12.1 Å². The number of para-hydroxylation sites is 2. The molecule has 0 aliphatic carbocycles. The minimum atomic E-state index is -4.62. The van der Waals surface area contributed by atoms with E-state index in [1.165, 1.54) is 23.5 Å². The zero-order valence-electron chi connectivity index (χ0n) is 11.8. The molecule has 0 saturated carbocycles. The van der Waals surface area contributed by atoms with Gasteiger partial charge < -0.3 is 9.88 Å². The summed E-state index contributed by atoms with van der Waals surface area (Å²) in [5.74, 6) is -1.56. The van der Waals surface area contributed by atoms with Gasteiger partial charge in [-0.2, -0.15) is 13.2 Å². The van der Waals surface area contributed by atoms with Gasteiger partial charge in [0, 0.05) is 4.88 Å². The van der Waals surface area contributed by atoms with Crippen molar-refractivity contribution in [2.24, 2.45) is 0 Å². The number of nitrogens with zero attached hydrogens (tertiary/aromatic N) is 2. The quantitative estimate of drug-likeness (QED) is 0.792. The topological polar surface area (TPSA) is 46.9 Å². The number of halogens is 3. The van der Waals surface area contributed by atoms with E-state index in [2.05, 4.69) is 10.3 Å².